The molecule has 0 aliphatic rings. The minimum atomic E-state index is 0.817. The molecular formula is C5H8O. The van der Waals surface area contributed by atoms with Gasteiger partial charge in [-0.1, -0.05) is 6.92 Å². The van der Waals surface area contributed by atoms with E-state index in [1.165, 1.54) is 0 Å². The molecule has 1 nitrogen and oxygen atoms in total. The van der Waals surface area contributed by atoms with Crippen LogP contribution in [0.5, 0.6) is 0 Å². The number of carbonyl (C=O) groups excluding carboxylic acids is 1. The second-order valence-electron chi connectivity index (χ2n) is 1.09. The molecule has 0 bridgehead atoms. The molecule has 0 rings (SSSR count). The smallest absolute Gasteiger partial charge is 0.229 e. The number of rotatable bonds is 1. The minimum absolute atomic E-state index is 0.817. The van der Waals surface area contributed by atoms with Crippen molar-refractivity contribution < 1.29 is 4.42 Å². The monoisotopic (exact) mass is 84.1 g/mol. The summed E-state index contributed by atoms with van der Waals surface area (Å²) in [6.07, 6.45) is 2.51. The molecule has 0 atom stereocenters. The summed E-state index contributed by atoms with van der Waals surface area (Å²) in [7, 11) is 1.55. The van der Waals surface area contributed by atoms with Gasteiger partial charge < -0.3 is 4.42 Å². The van der Waals surface area contributed by atoms with Crippen LogP contribution in [0.25, 0.3) is 0 Å². The van der Waals surface area contributed by atoms with Crippen molar-refractivity contribution >= 4 is 6.29 Å². The molecular weight excluding hydrogens is 76.1 g/mol. The highest BCUT2D eigenvalue weighted by molar-refractivity contribution is 5.72. The van der Waals surface area contributed by atoms with Crippen LogP contribution >= 0.6 is 0 Å². The average Bonchev–Trinajstić information content (AvgIpc) is 1.35. The zero-order chi connectivity index (χ0) is 4.99. The molecule has 0 aromatic rings. The second-order valence-corrected chi connectivity index (χ2v) is 1.09. The lowest BCUT2D eigenvalue weighted by Crippen LogP contribution is -1.73. The van der Waals surface area contributed by atoms with Crippen LogP contribution in [0, 0.1) is 0 Å². The molecule has 0 fully saturated rings. The second kappa shape index (κ2) is 2.64. The van der Waals surface area contributed by atoms with E-state index in [4.69, 9.17) is 0 Å². The minimum Gasteiger partial charge on any atom is -0.355 e. The van der Waals surface area contributed by atoms with Gasteiger partial charge in [-0.15, -0.1) is 5.57 Å². The van der Waals surface area contributed by atoms with Crippen LogP contribution in [-0.2, 0) is 4.42 Å². The Hall–Kier alpha value is -0.590. The van der Waals surface area contributed by atoms with Crippen molar-refractivity contribution in [1.82, 2.24) is 0 Å². The lowest BCUT2D eigenvalue weighted by molar-refractivity contribution is 0.185. The molecule has 0 aromatic heterocycles. The van der Waals surface area contributed by atoms with Gasteiger partial charge in [-0.05, 0) is 0 Å². The maximum atomic E-state index is 4.45. The van der Waals surface area contributed by atoms with Gasteiger partial charge in [0.05, 0.1) is 0 Å². The molecule has 0 saturated carbocycles. The summed E-state index contributed by atoms with van der Waals surface area (Å²) >= 11 is 0. The number of allylic oxidation sites excluding steroid dienone is 1. The quantitative estimate of drug-likeness (QED) is 0.253. The van der Waals surface area contributed by atoms with Crippen molar-refractivity contribution in [2.45, 2.75) is 6.92 Å². The first-order valence-electron chi connectivity index (χ1n) is 1.72. The highest BCUT2D eigenvalue weighted by Gasteiger charge is 1.66. The van der Waals surface area contributed by atoms with Gasteiger partial charge in [-0.25, -0.2) is 6.58 Å². The summed E-state index contributed by atoms with van der Waals surface area (Å²) in [5.74, 6) is 0. The van der Waals surface area contributed by atoms with E-state index < -0.39 is 0 Å². The number of hydrogen-bond donors (Lipinski definition) is 0. The third-order valence-electron chi connectivity index (χ3n) is 0.276. The zero-order valence-corrected chi connectivity index (χ0v) is 4.12. The summed E-state index contributed by atoms with van der Waals surface area (Å²) in [4.78, 5) is 0. The van der Waals surface area contributed by atoms with Gasteiger partial charge in [0.15, 0.2) is 0 Å². The summed E-state index contributed by atoms with van der Waals surface area (Å²) in [5, 5.41) is 0. The Labute approximate surface area is 38.0 Å². The van der Waals surface area contributed by atoms with E-state index in [1.807, 2.05) is 6.92 Å². The van der Waals surface area contributed by atoms with Crippen LogP contribution in [0.2, 0.25) is 0 Å². The first-order valence-corrected chi connectivity index (χ1v) is 1.72. The van der Waals surface area contributed by atoms with Crippen molar-refractivity contribution in [3.05, 3.63) is 12.2 Å². The van der Waals surface area contributed by atoms with E-state index >= 15 is 0 Å². The standard InChI is InChI=1S/C5H8O/c1-5(2)4-6-3/h1H2,2-3H3. The van der Waals surface area contributed by atoms with E-state index in [2.05, 4.69) is 17.3 Å². The third kappa shape index (κ3) is 3.41. The van der Waals surface area contributed by atoms with E-state index in [0.717, 1.165) is 5.57 Å². The molecule has 0 N–H and O–H groups in total. The molecule has 1 heteroatoms. The summed E-state index contributed by atoms with van der Waals surface area (Å²) in [6, 6.07) is 0. The van der Waals surface area contributed by atoms with Gasteiger partial charge in [0.25, 0.3) is 0 Å². The predicted molar refractivity (Wildman–Crippen MR) is 26.4 cm³/mol. The van der Waals surface area contributed by atoms with Gasteiger partial charge in [0.2, 0.25) is 13.4 Å². The van der Waals surface area contributed by atoms with E-state index in [9.17, 15) is 0 Å². The van der Waals surface area contributed by atoms with Crippen molar-refractivity contribution in [3.63, 3.8) is 0 Å². The van der Waals surface area contributed by atoms with Gasteiger partial charge in [0, 0.05) is 0 Å². The molecule has 6 heavy (non-hydrogen) atoms. The normalized spacial score (nSPS) is 9.67. The van der Waals surface area contributed by atoms with Crippen molar-refractivity contribution in [1.29, 1.82) is 0 Å². The Morgan fingerprint density at radius 2 is 2.33 bits per heavy atom. The van der Waals surface area contributed by atoms with Crippen LogP contribution in [0.3, 0.4) is 0 Å². The number of hydrogen-bond acceptors (Lipinski definition) is 0. The van der Waals surface area contributed by atoms with Crippen LogP contribution in [0.15, 0.2) is 12.2 Å². The largest absolute Gasteiger partial charge is 0.355 e. The Bertz CT molecular complexity index is 72.0. The fourth-order valence-electron chi connectivity index (χ4n) is 0.174. The Kier molecular flexibility index (Phi) is 2.38. The lowest BCUT2D eigenvalue weighted by atomic mass is 10.4. The fraction of sp³-hybridized carbons (Fsp3) is 0.400. The van der Waals surface area contributed by atoms with Gasteiger partial charge in [0.1, 0.15) is 0 Å². The van der Waals surface area contributed by atoms with Crippen LogP contribution in [0.4, 0.5) is 0 Å². The molecule has 0 amide bonds. The van der Waals surface area contributed by atoms with Gasteiger partial charge in [-0.2, -0.15) is 0 Å². The topological polar surface area (TPSA) is 11.3 Å². The summed E-state index contributed by atoms with van der Waals surface area (Å²) < 4.78 is 4.45. The Balaban J connectivity index is 3.30. The molecule has 0 spiro atoms. The summed E-state index contributed by atoms with van der Waals surface area (Å²) in [5.41, 5.74) is 0.817. The predicted octanol–water partition coefficient (Wildman–Crippen LogP) is 0.838. The maximum Gasteiger partial charge on any atom is 0.229 e. The molecule has 0 heterocycles. The fourth-order valence-corrected chi connectivity index (χ4v) is 0.174. The van der Waals surface area contributed by atoms with E-state index in [-0.39, 0.29) is 0 Å². The highest BCUT2D eigenvalue weighted by atomic mass is 16.4. The molecule has 0 saturated heterocycles. The van der Waals surface area contributed by atoms with Crippen LogP contribution in [-0.4, -0.2) is 13.4 Å². The van der Waals surface area contributed by atoms with Crippen molar-refractivity contribution in [2.75, 3.05) is 7.11 Å². The van der Waals surface area contributed by atoms with Gasteiger partial charge in [-0.3, -0.25) is 0 Å². The van der Waals surface area contributed by atoms with E-state index in [0.29, 0.717) is 0 Å². The first-order chi connectivity index (χ1) is 2.77. The third-order valence-corrected chi connectivity index (χ3v) is 0.276. The molecule has 0 aliphatic heterocycles. The SMILES string of the molecule is C=C(C)[C-]=[O+]C. The molecule has 34 valence electrons. The Morgan fingerprint density at radius 3 is 2.33 bits per heavy atom. The van der Waals surface area contributed by atoms with E-state index in [1.54, 1.807) is 7.11 Å². The lowest BCUT2D eigenvalue weighted by Gasteiger charge is -1.75. The summed E-state index contributed by atoms with van der Waals surface area (Å²) in [6.45, 7) is 5.33. The first kappa shape index (κ1) is 5.41. The maximum absolute atomic E-state index is 4.45. The highest BCUT2D eigenvalue weighted by Crippen LogP contribution is 1.73. The van der Waals surface area contributed by atoms with Crippen LogP contribution in [0.1, 0.15) is 6.92 Å². The van der Waals surface area contributed by atoms with Crippen molar-refractivity contribution in [2.24, 2.45) is 0 Å². The molecule has 0 radical (unpaired) electrons. The van der Waals surface area contributed by atoms with Crippen molar-refractivity contribution in [3.8, 4) is 0 Å². The average molecular weight is 84.1 g/mol. The molecule has 0 unspecified atom stereocenters. The molecule has 0 aliphatic carbocycles. The van der Waals surface area contributed by atoms with Gasteiger partial charge >= 0.3 is 0 Å². The van der Waals surface area contributed by atoms with Crippen LogP contribution < -0.4 is 0 Å². The zero-order valence-electron chi connectivity index (χ0n) is 4.12. The Morgan fingerprint density at radius 1 is 1.83 bits per heavy atom. The molecule has 0 aromatic carbocycles.